The lowest BCUT2D eigenvalue weighted by Gasteiger charge is -2.23. The zero-order valence-electron chi connectivity index (χ0n) is 11.6. The molecule has 0 radical (unpaired) electrons. The van der Waals surface area contributed by atoms with Crippen molar-refractivity contribution in [1.82, 2.24) is 9.80 Å². The van der Waals surface area contributed by atoms with E-state index in [2.05, 4.69) is 4.90 Å². The maximum atomic E-state index is 12.4. The second-order valence-electron chi connectivity index (χ2n) is 5.71. The Morgan fingerprint density at radius 3 is 2.70 bits per heavy atom. The highest BCUT2D eigenvalue weighted by atomic mass is 16.3. The number of carbonyl (C=O) groups excluding carboxylic acids is 1. The Hall–Kier alpha value is -1.75. The monoisotopic (exact) mass is 275 g/mol. The van der Waals surface area contributed by atoms with Gasteiger partial charge in [0.25, 0.3) is 5.91 Å². The van der Waals surface area contributed by atoms with E-state index in [1.54, 1.807) is 12.1 Å². The zero-order valence-corrected chi connectivity index (χ0v) is 11.6. The van der Waals surface area contributed by atoms with Crippen LogP contribution in [0, 0.1) is 0 Å². The van der Waals surface area contributed by atoms with Gasteiger partial charge in [-0.3, -0.25) is 9.69 Å². The van der Waals surface area contributed by atoms with Gasteiger partial charge in [0, 0.05) is 24.7 Å². The molecule has 0 bridgehead atoms. The molecule has 5 nitrogen and oxygen atoms in total. The van der Waals surface area contributed by atoms with Crippen molar-refractivity contribution in [1.29, 1.82) is 0 Å². The number of phenolic OH excluding ortho intramolecular Hbond substituents is 1. The van der Waals surface area contributed by atoms with Crippen molar-refractivity contribution in [2.24, 2.45) is 0 Å². The average molecular weight is 275 g/mol. The fourth-order valence-electron chi connectivity index (χ4n) is 3.19. The van der Waals surface area contributed by atoms with Crippen molar-refractivity contribution < 1.29 is 9.90 Å². The van der Waals surface area contributed by atoms with Gasteiger partial charge in [-0.1, -0.05) is 0 Å². The largest absolute Gasteiger partial charge is 0.506 e. The third-order valence-corrected chi connectivity index (χ3v) is 4.39. The Balaban J connectivity index is 1.67. The number of likely N-dealkylation sites (tertiary alicyclic amines) is 2. The van der Waals surface area contributed by atoms with E-state index in [9.17, 15) is 9.90 Å². The highest BCUT2D eigenvalue weighted by Gasteiger charge is 2.31. The third-order valence-electron chi connectivity index (χ3n) is 4.39. The molecule has 2 fully saturated rings. The summed E-state index contributed by atoms with van der Waals surface area (Å²) in [7, 11) is 0. The lowest BCUT2D eigenvalue weighted by atomic mass is 10.1. The number of nitrogens with two attached hydrogens (primary N) is 1. The molecular weight excluding hydrogens is 254 g/mol. The Labute approximate surface area is 119 Å². The lowest BCUT2D eigenvalue weighted by molar-refractivity contribution is 0.0779. The first kappa shape index (κ1) is 13.2. The van der Waals surface area contributed by atoms with Gasteiger partial charge in [0.05, 0.1) is 5.69 Å². The number of amides is 1. The fraction of sp³-hybridized carbons (Fsp3) is 0.533. The first-order valence-corrected chi connectivity index (χ1v) is 7.27. The predicted octanol–water partition coefficient (Wildman–Crippen LogP) is 1.28. The lowest BCUT2D eigenvalue weighted by Crippen LogP contribution is -2.37. The maximum Gasteiger partial charge on any atom is 0.254 e. The van der Waals surface area contributed by atoms with Crippen LogP contribution < -0.4 is 5.73 Å². The average Bonchev–Trinajstić information content (AvgIpc) is 3.11. The van der Waals surface area contributed by atoms with E-state index in [4.69, 9.17) is 5.73 Å². The van der Waals surface area contributed by atoms with Gasteiger partial charge in [-0.25, -0.2) is 0 Å². The second-order valence-corrected chi connectivity index (χ2v) is 5.71. The highest BCUT2D eigenvalue weighted by molar-refractivity contribution is 5.95. The van der Waals surface area contributed by atoms with E-state index in [0.717, 1.165) is 32.6 Å². The minimum atomic E-state index is -0.0221. The molecule has 3 rings (SSSR count). The summed E-state index contributed by atoms with van der Waals surface area (Å²) in [6, 6.07) is 5.22. The fourth-order valence-corrected chi connectivity index (χ4v) is 3.19. The van der Waals surface area contributed by atoms with E-state index < -0.39 is 0 Å². The molecule has 2 aliphatic rings. The molecule has 1 unspecified atom stereocenters. The summed E-state index contributed by atoms with van der Waals surface area (Å²) in [5.74, 6) is -0.0341. The van der Waals surface area contributed by atoms with Gasteiger partial charge in [-0.2, -0.15) is 0 Å². The van der Waals surface area contributed by atoms with Gasteiger partial charge in [0.15, 0.2) is 0 Å². The Morgan fingerprint density at radius 1 is 1.25 bits per heavy atom. The van der Waals surface area contributed by atoms with Crippen molar-refractivity contribution in [3.8, 4) is 5.75 Å². The van der Waals surface area contributed by atoms with Crippen LogP contribution in [0.25, 0.3) is 0 Å². The van der Waals surface area contributed by atoms with E-state index >= 15 is 0 Å². The van der Waals surface area contributed by atoms with Gasteiger partial charge in [0.1, 0.15) is 5.75 Å². The summed E-state index contributed by atoms with van der Waals surface area (Å²) in [6.07, 6.45) is 3.60. The van der Waals surface area contributed by atoms with Crippen LogP contribution in [0.3, 0.4) is 0 Å². The van der Waals surface area contributed by atoms with Crippen LogP contribution in [0.15, 0.2) is 18.2 Å². The number of rotatable bonds is 2. The number of aromatic hydroxyl groups is 1. The number of carbonyl (C=O) groups is 1. The molecule has 0 aromatic heterocycles. The van der Waals surface area contributed by atoms with Crippen LogP contribution in [-0.4, -0.2) is 53.0 Å². The summed E-state index contributed by atoms with van der Waals surface area (Å²) in [6.45, 7) is 3.92. The molecule has 3 N–H and O–H groups in total. The molecule has 20 heavy (non-hydrogen) atoms. The molecule has 0 saturated carbocycles. The van der Waals surface area contributed by atoms with E-state index in [0.29, 0.717) is 17.3 Å². The van der Waals surface area contributed by atoms with Crippen LogP contribution in [-0.2, 0) is 0 Å². The van der Waals surface area contributed by atoms with Gasteiger partial charge in [-0.05, 0) is 50.6 Å². The van der Waals surface area contributed by atoms with E-state index in [1.165, 1.54) is 18.9 Å². The van der Waals surface area contributed by atoms with Crippen molar-refractivity contribution in [2.45, 2.75) is 25.3 Å². The number of nitrogens with zero attached hydrogens (tertiary/aromatic N) is 2. The molecule has 1 aromatic rings. The van der Waals surface area contributed by atoms with Gasteiger partial charge in [-0.15, -0.1) is 0 Å². The SMILES string of the molecule is Nc1ccc(C(=O)N2CCC(N3CCCC3)C2)cc1O. The molecule has 1 aromatic carbocycles. The minimum absolute atomic E-state index is 0.0120. The van der Waals surface area contributed by atoms with Crippen molar-refractivity contribution in [3.63, 3.8) is 0 Å². The normalized spacial score (nSPS) is 23.4. The zero-order chi connectivity index (χ0) is 14.1. The Bertz CT molecular complexity index is 512. The second kappa shape index (κ2) is 5.32. The van der Waals surface area contributed by atoms with Gasteiger partial charge >= 0.3 is 0 Å². The molecule has 108 valence electrons. The summed E-state index contributed by atoms with van der Waals surface area (Å²) < 4.78 is 0. The summed E-state index contributed by atoms with van der Waals surface area (Å²) >= 11 is 0. The topological polar surface area (TPSA) is 69.8 Å². The molecule has 1 amide bonds. The van der Waals surface area contributed by atoms with E-state index in [-0.39, 0.29) is 11.7 Å². The summed E-state index contributed by atoms with van der Waals surface area (Å²) in [5.41, 5.74) is 6.38. The van der Waals surface area contributed by atoms with Crippen molar-refractivity contribution in [2.75, 3.05) is 31.9 Å². The first-order valence-electron chi connectivity index (χ1n) is 7.27. The molecule has 1 atom stereocenters. The molecule has 2 saturated heterocycles. The highest BCUT2D eigenvalue weighted by Crippen LogP contribution is 2.25. The number of phenols is 1. The predicted molar refractivity (Wildman–Crippen MR) is 77.6 cm³/mol. The van der Waals surface area contributed by atoms with Gasteiger partial charge < -0.3 is 15.7 Å². The van der Waals surface area contributed by atoms with Crippen molar-refractivity contribution >= 4 is 11.6 Å². The number of hydrogen-bond donors (Lipinski definition) is 2. The smallest absolute Gasteiger partial charge is 0.254 e. The minimum Gasteiger partial charge on any atom is -0.506 e. The number of nitrogen functional groups attached to an aromatic ring is 1. The Kier molecular flexibility index (Phi) is 3.53. The van der Waals surface area contributed by atoms with Crippen LogP contribution in [0.2, 0.25) is 0 Å². The number of hydrogen-bond acceptors (Lipinski definition) is 4. The van der Waals surface area contributed by atoms with Crippen molar-refractivity contribution in [3.05, 3.63) is 23.8 Å². The number of anilines is 1. The first-order chi connectivity index (χ1) is 9.65. The molecule has 2 heterocycles. The maximum absolute atomic E-state index is 12.4. The molecule has 0 aliphatic carbocycles. The molecule has 2 aliphatic heterocycles. The molecule has 5 heteroatoms. The number of benzene rings is 1. The van der Waals surface area contributed by atoms with Crippen LogP contribution in [0.1, 0.15) is 29.6 Å². The Morgan fingerprint density at radius 2 is 2.00 bits per heavy atom. The summed E-state index contributed by atoms with van der Waals surface area (Å²) in [4.78, 5) is 16.8. The molecular formula is C15H21N3O2. The third kappa shape index (κ3) is 2.45. The summed E-state index contributed by atoms with van der Waals surface area (Å²) in [5, 5.41) is 9.61. The van der Waals surface area contributed by atoms with Gasteiger partial charge in [0.2, 0.25) is 0 Å². The standard InChI is InChI=1S/C15H21N3O2/c16-13-4-3-11(9-14(13)19)15(20)18-8-5-12(10-18)17-6-1-2-7-17/h3-4,9,12,19H,1-2,5-8,10,16H2. The van der Waals surface area contributed by atoms with Crippen LogP contribution in [0.5, 0.6) is 5.75 Å². The molecule has 0 spiro atoms. The van der Waals surface area contributed by atoms with E-state index in [1.807, 2.05) is 4.90 Å². The quantitative estimate of drug-likeness (QED) is 0.630. The van der Waals surface area contributed by atoms with Crippen LogP contribution in [0.4, 0.5) is 5.69 Å². The van der Waals surface area contributed by atoms with Crippen LogP contribution >= 0.6 is 0 Å².